The van der Waals surface area contributed by atoms with Crippen LogP contribution in [0.3, 0.4) is 0 Å². The smallest absolute Gasteiger partial charge is 0.326 e. The molecular weight excluding hydrogens is 500 g/mol. The van der Waals surface area contributed by atoms with Gasteiger partial charge in [-0.1, -0.05) is 25.1 Å². The van der Waals surface area contributed by atoms with E-state index < -0.39 is 29.7 Å². The van der Waals surface area contributed by atoms with E-state index in [4.69, 9.17) is 5.26 Å². The maximum Gasteiger partial charge on any atom is 0.416 e. The standard InChI is InChI=1S/C28H32F4N4O2/c1-18-5-4-6-19(2)26(18)36(12-11-35-9-7-23(29)8-10-35)27(38)20(3)13-25(37)34-24-15-21(17-33)14-22(16-24)28(30,31)32/h4-6,14-16,20,23H,7-13H2,1-3H3,(H,34,37). The fourth-order valence-corrected chi connectivity index (χ4v) is 4.70. The van der Waals surface area contributed by atoms with E-state index in [0.717, 1.165) is 28.9 Å². The Kier molecular flexibility index (Phi) is 9.50. The van der Waals surface area contributed by atoms with Gasteiger partial charge in [-0.25, -0.2) is 4.39 Å². The summed E-state index contributed by atoms with van der Waals surface area (Å²) < 4.78 is 53.1. The monoisotopic (exact) mass is 532 g/mol. The van der Waals surface area contributed by atoms with E-state index in [2.05, 4.69) is 10.2 Å². The molecular formula is C28H32F4N4O2. The number of alkyl halides is 4. The first kappa shape index (κ1) is 29.1. The lowest BCUT2D eigenvalue weighted by molar-refractivity contribution is -0.137. The van der Waals surface area contributed by atoms with Crippen molar-refractivity contribution in [1.82, 2.24) is 4.90 Å². The highest BCUT2D eigenvalue weighted by atomic mass is 19.4. The zero-order chi connectivity index (χ0) is 28.0. The normalized spacial score (nSPS) is 15.5. The van der Waals surface area contributed by atoms with Crippen LogP contribution in [0.5, 0.6) is 0 Å². The van der Waals surface area contributed by atoms with E-state index in [1.54, 1.807) is 17.9 Å². The van der Waals surface area contributed by atoms with Gasteiger partial charge in [0.15, 0.2) is 0 Å². The molecule has 2 amide bonds. The van der Waals surface area contributed by atoms with Crippen LogP contribution in [-0.4, -0.2) is 49.1 Å². The van der Waals surface area contributed by atoms with Crippen molar-refractivity contribution in [2.45, 2.75) is 52.4 Å². The van der Waals surface area contributed by atoms with Crippen LogP contribution in [0.2, 0.25) is 0 Å². The van der Waals surface area contributed by atoms with Crippen molar-refractivity contribution in [3.8, 4) is 6.07 Å². The summed E-state index contributed by atoms with van der Waals surface area (Å²) in [4.78, 5) is 30.1. The SMILES string of the molecule is Cc1cccc(C)c1N(CCN1CCC(F)CC1)C(=O)C(C)CC(=O)Nc1cc(C#N)cc(C(F)(F)F)c1. The second-order valence-corrected chi connectivity index (χ2v) is 9.81. The number of nitrogens with zero attached hydrogens (tertiary/aromatic N) is 3. The molecule has 1 heterocycles. The van der Waals surface area contributed by atoms with Gasteiger partial charge in [-0.05, 0) is 56.0 Å². The van der Waals surface area contributed by atoms with Gasteiger partial charge >= 0.3 is 6.18 Å². The lowest BCUT2D eigenvalue weighted by Crippen LogP contribution is -2.44. The Morgan fingerprint density at radius 3 is 2.37 bits per heavy atom. The largest absolute Gasteiger partial charge is 0.416 e. The Morgan fingerprint density at radius 1 is 1.16 bits per heavy atom. The summed E-state index contributed by atoms with van der Waals surface area (Å²) in [6.45, 7) is 7.51. The lowest BCUT2D eigenvalue weighted by Gasteiger charge is -2.33. The van der Waals surface area contributed by atoms with Gasteiger partial charge in [-0.15, -0.1) is 0 Å². The van der Waals surface area contributed by atoms with Crippen molar-refractivity contribution < 1.29 is 27.2 Å². The van der Waals surface area contributed by atoms with Crippen molar-refractivity contribution in [1.29, 1.82) is 5.26 Å². The molecule has 3 rings (SSSR count). The van der Waals surface area contributed by atoms with Gasteiger partial charge in [0, 0.05) is 49.9 Å². The Hall–Kier alpha value is -3.45. The van der Waals surface area contributed by atoms with E-state index in [1.807, 2.05) is 32.0 Å². The van der Waals surface area contributed by atoms with E-state index >= 15 is 0 Å². The highest BCUT2D eigenvalue weighted by Gasteiger charge is 2.32. The van der Waals surface area contributed by atoms with E-state index in [0.29, 0.717) is 45.1 Å². The molecule has 0 radical (unpaired) electrons. The van der Waals surface area contributed by atoms with E-state index in [1.165, 1.54) is 0 Å². The molecule has 2 aromatic carbocycles. The first-order valence-electron chi connectivity index (χ1n) is 12.5. The molecule has 2 aromatic rings. The molecule has 1 atom stereocenters. The second kappa shape index (κ2) is 12.4. The number of nitriles is 1. The summed E-state index contributed by atoms with van der Waals surface area (Å²) in [5.41, 5.74) is 1.09. The third-order valence-corrected chi connectivity index (χ3v) is 6.72. The third-order valence-electron chi connectivity index (χ3n) is 6.72. The zero-order valence-electron chi connectivity index (χ0n) is 21.7. The molecule has 0 bridgehead atoms. The van der Waals surface area contributed by atoms with Crippen LogP contribution in [0.25, 0.3) is 0 Å². The minimum Gasteiger partial charge on any atom is -0.326 e. The van der Waals surface area contributed by atoms with Crippen LogP contribution in [-0.2, 0) is 15.8 Å². The molecule has 1 aliphatic rings. The number of amides is 2. The van der Waals surface area contributed by atoms with Gasteiger partial charge in [0.1, 0.15) is 6.17 Å². The van der Waals surface area contributed by atoms with Gasteiger partial charge in [-0.2, -0.15) is 18.4 Å². The molecule has 1 aliphatic heterocycles. The zero-order valence-corrected chi connectivity index (χ0v) is 21.7. The first-order valence-corrected chi connectivity index (χ1v) is 12.5. The molecule has 10 heteroatoms. The van der Waals surface area contributed by atoms with Crippen LogP contribution in [0.4, 0.5) is 28.9 Å². The fourth-order valence-electron chi connectivity index (χ4n) is 4.70. The molecule has 1 saturated heterocycles. The lowest BCUT2D eigenvalue weighted by atomic mass is 10.0. The molecule has 38 heavy (non-hydrogen) atoms. The predicted molar refractivity (Wildman–Crippen MR) is 137 cm³/mol. The van der Waals surface area contributed by atoms with E-state index in [9.17, 15) is 27.2 Å². The number of anilines is 2. The number of piperidine rings is 1. The summed E-state index contributed by atoms with van der Waals surface area (Å²) in [5.74, 6) is -1.70. The average molecular weight is 533 g/mol. The van der Waals surface area contributed by atoms with Gasteiger partial charge in [0.25, 0.3) is 0 Å². The van der Waals surface area contributed by atoms with Crippen molar-refractivity contribution in [2.24, 2.45) is 5.92 Å². The highest BCUT2D eigenvalue weighted by molar-refractivity contribution is 6.00. The Labute approximate surface area is 220 Å². The van der Waals surface area contributed by atoms with Crippen LogP contribution >= 0.6 is 0 Å². The maximum absolute atomic E-state index is 13.6. The predicted octanol–water partition coefficient (Wildman–Crippen LogP) is 5.63. The van der Waals surface area contributed by atoms with Crippen LogP contribution in [0.15, 0.2) is 36.4 Å². The van der Waals surface area contributed by atoms with Gasteiger partial charge in [0.2, 0.25) is 11.8 Å². The number of hydrogen-bond donors (Lipinski definition) is 1. The van der Waals surface area contributed by atoms with Crippen LogP contribution in [0.1, 0.15) is 48.4 Å². The molecule has 6 nitrogen and oxygen atoms in total. The summed E-state index contributed by atoms with van der Waals surface area (Å²) >= 11 is 0. The number of carbonyl (C=O) groups excluding carboxylic acids is 2. The summed E-state index contributed by atoms with van der Waals surface area (Å²) in [6.07, 6.45) is -4.83. The number of para-hydroxylation sites is 1. The minimum absolute atomic E-state index is 0.163. The Morgan fingerprint density at radius 2 is 1.79 bits per heavy atom. The summed E-state index contributed by atoms with van der Waals surface area (Å²) in [7, 11) is 0. The van der Waals surface area contributed by atoms with Crippen LogP contribution < -0.4 is 10.2 Å². The van der Waals surface area contributed by atoms with Gasteiger partial charge in [0.05, 0.1) is 17.2 Å². The quantitative estimate of drug-likeness (QED) is 0.448. The van der Waals surface area contributed by atoms with Crippen LogP contribution in [0, 0.1) is 31.1 Å². The Bertz CT molecular complexity index is 1180. The molecule has 0 saturated carbocycles. The topological polar surface area (TPSA) is 76.4 Å². The third kappa shape index (κ3) is 7.54. The molecule has 0 aliphatic carbocycles. The molecule has 0 aromatic heterocycles. The average Bonchev–Trinajstić information content (AvgIpc) is 2.85. The number of aryl methyl sites for hydroxylation is 2. The number of benzene rings is 2. The molecule has 1 N–H and O–H groups in total. The Balaban J connectivity index is 1.75. The summed E-state index contributed by atoms with van der Waals surface area (Å²) in [6, 6.07) is 9.97. The molecule has 0 spiro atoms. The number of nitrogens with one attached hydrogen (secondary N) is 1. The first-order chi connectivity index (χ1) is 17.9. The van der Waals surface area contributed by atoms with Gasteiger partial charge < -0.3 is 15.1 Å². The molecule has 204 valence electrons. The van der Waals surface area contributed by atoms with Gasteiger partial charge in [-0.3, -0.25) is 9.59 Å². The number of rotatable bonds is 8. The second-order valence-electron chi connectivity index (χ2n) is 9.81. The number of carbonyl (C=O) groups is 2. The number of halogens is 4. The van der Waals surface area contributed by atoms with Crippen molar-refractivity contribution in [3.63, 3.8) is 0 Å². The minimum atomic E-state index is -4.68. The van der Waals surface area contributed by atoms with E-state index in [-0.39, 0.29) is 23.6 Å². The van der Waals surface area contributed by atoms with Crippen molar-refractivity contribution in [3.05, 3.63) is 58.7 Å². The van der Waals surface area contributed by atoms with Crippen molar-refractivity contribution in [2.75, 3.05) is 36.4 Å². The van der Waals surface area contributed by atoms with Crippen molar-refractivity contribution >= 4 is 23.2 Å². The summed E-state index contributed by atoms with van der Waals surface area (Å²) in [5, 5.41) is 11.5. The number of hydrogen-bond acceptors (Lipinski definition) is 4. The highest BCUT2D eigenvalue weighted by Crippen LogP contribution is 2.32. The number of likely N-dealkylation sites (tertiary alicyclic amines) is 1. The fraction of sp³-hybridized carbons (Fsp3) is 0.464. The maximum atomic E-state index is 13.6. The molecule has 1 unspecified atom stereocenters. The molecule has 1 fully saturated rings.